The molecule has 0 saturated heterocycles. The SMILES string of the molecule is Cc1ccc(C(CC(=O)OC(C)C)NC(=O)CCNC(=O)Cc2ccccc2)cc1. The quantitative estimate of drug-likeness (QED) is 0.589. The second kappa shape index (κ2) is 11.8. The van der Waals surface area contributed by atoms with Gasteiger partial charge in [0.2, 0.25) is 11.8 Å². The number of aryl methyl sites for hydroxylation is 1. The van der Waals surface area contributed by atoms with E-state index in [1.54, 1.807) is 13.8 Å². The van der Waals surface area contributed by atoms with Gasteiger partial charge < -0.3 is 15.4 Å². The molecule has 6 nitrogen and oxygen atoms in total. The van der Waals surface area contributed by atoms with Crippen LogP contribution < -0.4 is 10.6 Å². The Morgan fingerprint density at radius 1 is 0.933 bits per heavy atom. The van der Waals surface area contributed by atoms with Gasteiger partial charge in [0.25, 0.3) is 0 Å². The van der Waals surface area contributed by atoms with Gasteiger partial charge in [-0.25, -0.2) is 0 Å². The molecule has 0 fully saturated rings. The van der Waals surface area contributed by atoms with Crippen LogP contribution in [0.3, 0.4) is 0 Å². The fraction of sp³-hybridized carbons (Fsp3) is 0.375. The molecule has 6 heteroatoms. The molecule has 2 rings (SSSR count). The lowest BCUT2D eigenvalue weighted by atomic mass is 10.0. The zero-order chi connectivity index (χ0) is 21.9. The minimum Gasteiger partial charge on any atom is -0.463 e. The standard InChI is InChI=1S/C24H30N2O4/c1-17(2)30-24(29)16-21(20-11-9-18(3)10-12-20)26-22(27)13-14-25-23(28)15-19-7-5-4-6-8-19/h4-12,17,21H,13-16H2,1-3H3,(H,25,28)(H,26,27). The fourth-order valence-electron chi connectivity index (χ4n) is 2.95. The van der Waals surface area contributed by atoms with Crippen LogP contribution in [0.25, 0.3) is 0 Å². The van der Waals surface area contributed by atoms with Crippen molar-refractivity contribution in [3.8, 4) is 0 Å². The first-order valence-corrected chi connectivity index (χ1v) is 10.2. The molecule has 0 heterocycles. The van der Waals surface area contributed by atoms with Crippen LogP contribution in [0, 0.1) is 6.92 Å². The van der Waals surface area contributed by atoms with Gasteiger partial charge in [0.1, 0.15) is 0 Å². The van der Waals surface area contributed by atoms with Crippen molar-refractivity contribution >= 4 is 17.8 Å². The van der Waals surface area contributed by atoms with E-state index in [2.05, 4.69) is 10.6 Å². The van der Waals surface area contributed by atoms with E-state index in [4.69, 9.17) is 4.74 Å². The summed E-state index contributed by atoms with van der Waals surface area (Å²) >= 11 is 0. The molecule has 0 radical (unpaired) electrons. The van der Waals surface area contributed by atoms with E-state index >= 15 is 0 Å². The van der Waals surface area contributed by atoms with Gasteiger partial charge in [-0.15, -0.1) is 0 Å². The summed E-state index contributed by atoms with van der Waals surface area (Å²) in [6.07, 6.45) is 0.233. The van der Waals surface area contributed by atoms with Crippen LogP contribution in [0.1, 0.15) is 49.4 Å². The highest BCUT2D eigenvalue weighted by atomic mass is 16.5. The van der Waals surface area contributed by atoms with Crippen molar-refractivity contribution in [2.75, 3.05) is 6.54 Å². The number of hydrogen-bond donors (Lipinski definition) is 2. The molecule has 2 aromatic carbocycles. The second-order valence-corrected chi connectivity index (χ2v) is 7.54. The molecule has 0 spiro atoms. The third-order valence-electron chi connectivity index (χ3n) is 4.43. The van der Waals surface area contributed by atoms with Gasteiger partial charge in [0.05, 0.1) is 25.0 Å². The summed E-state index contributed by atoms with van der Waals surface area (Å²) in [5, 5.41) is 5.65. The van der Waals surface area contributed by atoms with Crippen LogP contribution in [-0.4, -0.2) is 30.4 Å². The number of carbonyl (C=O) groups is 3. The molecule has 0 aliphatic rings. The van der Waals surface area contributed by atoms with Crippen LogP contribution in [-0.2, 0) is 25.5 Å². The summed E-state index contributed by atoms with van der Waals surface area (Å²) in [5.74, 6) is -0.741. The molecule has 0 aromatic heterocycles. The van der Waals surface area contributed by atoms with E-state index in [1.807, 2.05) is 61.5 Å². The van der Waals surface area contributed by atoms with Gasteiger partial charge in [0.15, 0.2) is 0 Å². The van der Waals surface area contributed by atoms with Crippen molar-refractivity contribution in [2.45, 2.75) is 52.2 Å². The van der Waals surface area contributed by atoms with Gasteiger partial charge in [0, 0.05) is 13.0 Å². The lowest BCUT2D eigenvalue weighted by Crippen LogP contribution is -2.34. The van der Waals surface area contributed by atoms with E-state index in [0.717, 1.165) is 16.7 Å². The fourth-order valence-corrected chi connectivity index (χ4v) is 2.95. The first-order valence-electron chi connectivity index (χ1n) is 10.2. The third-order valence-corrected chi connectivity index (χ3v) is 4.43. The molecule has 30 heavy (non-hydrogen) atoms. The summed E-state index contributed by atoms with van der Waals surface area (Å²) in [4.78, 5) is 36.6. The van der Waals surface area contributed by atoms with Crippen molar-refractivity contribution in [3.05, 3.63) is 71.3 Å². The Hall–Kier alpha value is -3.15. The minimum atomic E-state index is -0.482. The number of carbonyl (C=O) groups excluding carboxylic acids is 3. The largest absolute Gasteiger partial charge is 0.463 e. The lowest BCUT2D eigenvalue weighted by molar-refractivity contribution is -0.148. The average Bonchev–Trinajstić information content (AvgIpc) is 2.68. The van der Waals surface area contributed by atoms with Crippen molar-refractivity contribution in [2.24, 2.45) is 0 Å². The van der Waals surface area contributed by atoms with Gasteiger partial charge in [-0.05, 0) is 31.9 Å². The molecule has 0 saturated carbocycles. The molecule has 2 amide bonds. The number of hydrogen-bond acceptors (Lipinski definition) is 4. The highest BCUT2D eigenvalue weighted by molar-refractivity contribution is 5.81. The highest BCUT2D eigenvalue weighted by Crippen LogP contribution is 2.19. The second-order valence-electron chi connectivity index (χ2n) is 7.54. The van der Waals surface area contributed by atoms with Gasteiger partial charge in [-0.2, -0.15) is 0 Å². The van der Waals surface area contributed by atoms with Crippen molar-refractivity contribution in [3.63, 3.8) is 0 Å². The normalized spacial score (nSPS) is 11.6. The summed E-state index contributed by atoms with van der Waals surface area (Å²) in [6.45, 7) is 5.78. The molecule has 0 bridgehead atoms. The predicted octanol–water partition coefficient (Wildman–Crippen LogP) is 3.24. The lowest BCUT2D eigenvalue weighted by Gasteiger charge is -2.20. The first-order chi connectivity index (χ1) is 14.3. The molecular formula is C24H30N2O4. The monoisotopic (exact) mass is 410 g/mol. The molecule has 0 aliphatic carbocycles. The smallest absolute Gasteiger partial charge is 0.308 e. The first kappa shape index (κ1) is 23.1. The maximum absolute atomic E-state index is 12.4. The van der Waals surface area contributed by atoms with E-state index in [-0.39, 0.29) is 49.7 Å². The zero-order valence-corrected chi connectivity index (χ0v) is 17.8. The maximum atomic E-state index is 12.4. The number of esters is 1. The Balaban J connectivity index is 1.87. The van der Waals surface area contributed by atoms with Crippen molar-refractivity contribution < 1.29 is 19.1 Å². The van der Waals surface area contributed by atoms with Crippen LogP contribution in [0.4, 0.5) is 0 Å². The van der Waals surface area contributed by atoms with Crippen molar-refractivity contribution in [1.29, 1.82) is 0 Å². The summed E-state index contributed by atoms with van der Waals surface area (Å²) in [5.41, 5.74) is 2.85. The van der Waals surface area contributed by atoms with Crippen LogP contribution in [0.15, 0.2) is 54.6 Å². The Labute approximate surface area is 178 Å². The van der Waals surface area contributed by atoms with E-state index in [9.17, 15) is 14.4 Å². The maximum Gasteiger partial charge on any atom is 0.308 e. The van der Waals surface area contributed by atoms with E-state index in [0.29, 0.717) is 0 Å². The Morgan fingerprint density at radius 2 is 1.60 bits per heavy atom. The average molecular weight is 411 g/mol. The predicted molar refractivity (Wildman–Crippen MR) is 116 cm³/mol. The molecule has 0 aliphatic heterocycles. The Bertz CT molecular complexity index is 832. The van der Waals surface area contributed by atoms with Crippen LogP contribution in [0.5, 0.6) is 0 Å². The molecule has 160 valence electrons. The Kier molecular flexibility index (Phi) is 9.06. The number of nitrogens with one attached hydrogen (secondary N) is 2. The zero-order valence-electron chi connectivity index (χ0n) is 17.8. The number of amides is 2. The van der Waals surface area contributed by atoms with Gasteiger partial charge in [-0.1, -0.05) is 60.2 Å². The number of rotatable bonds is 10. The summed E-state index contributed by atoms with van der Waals surface area (Å²) in [6, 6.07) is 16.6. The van der Waals surface area contributed by atoms with Crippen LogP contribution >= 0.6 is 0 Å². The summed E-state index contributed by atoms with van der Waals surface area (Å²) < 4.78 is 5.23. The molecule has 2 aromatic rings. The third kappa shape index (κ3) is 8.47. The van der Waals surface area contributed by atoms with E-state index < -0.39 is 6.04 Å². The molecule has 1 unspecified atom stereocenters. The summed E-state index contributed by atoms with van der Waals surface area (Å²) in [7, 11) is 0. The van der Waals surface area contributed by atoms with Gasteiger partial charge in [-0.3, -0.25) is 14.4 Å². The molecule has 1 atom stereocenters. The van der Waals surface area contributed by atoms with Crippen LogP contribution in [0.2, 0.25) is 0 Å². The van der Waals surface area contributed by atoms with Gasteiger partial charge >= 0.3 is 5.97 Å². The molecule has 2 N–H and O–H groups in total. The number of ether oxygens (including phenoxy) is 1. The van der Waals surface area contributed by atoms with E-state index in [1.165, 1.54) is 0 Å². The molecular weight excluding hydrogens is 380 g/mol. The van der Waals surface area contributed by atoms with Crippen molar-refractivity contribution in [1.82, 2.24) is 10.6 Å². The topological polar surface area (TPSA) is 84.5 Å². The Morgan fingerprint density at radius 3 is 2.23 bits per heavy atom. The number of benzene rings is 2. The minimum absolute atomic E-state index is 0.0490. The highest BCUT2D eigenvalue weighted by Gasteiger charge is 2.20.